The summed E-state index contributed by atoms with van der Waals surface area (Å²) in [5.74, 6) is 0. The molecule has 0 aromatic carbocycles. The van der Waals surface area contributed by atoms with Gasteiger partial charge in [0, 0.05) is 17.4 Å². The fourth-order valence-electron chi connectivity index (χ4n) is 0. The maximum Gasteiger partial charge on any atom is 1.00 e. The minimum Gasteiger partial charge on any atom is -0.255 e. The average molecular weight is 72.0 g/mol. The van der Waals surface area contributed by atoms with E-state index in [9.17, 15) is 0 Å². The van der Waals surface area contributed by atoms with Gasteiger partial charge in [0.1, 0.15) is 0 Å². The minimum absolute atomic E-state index is 0. The molecule has 2 N–H and O–H groups in total. The Morgan fingerprint density at radius 2 is 1.00 bits per heavy atom. The van der Waals surface area contributed by atoms with Gasteiger partial charge >= 0.3 is 18.9 Å². The van der Waals surface area contributed by atoms with Gasteiger partial charge in [-0.15, -0.1) is 0 Å². The van der Waals surface area contributed by atoms with Crippen molar-refractivity contribution < 1.29 is 29.4 Å². The van der Waals surface area contributed by atoms with E-state index in [2.05, 4.69) is 0 Å². The number of hydrogen-bond donors (Lipinski definition) is 2. The molecule has 0 aliphatic heterocycles. The Kier molecular flexibility index (Phi) is 168. The second-order valence-corrected chi connectivity index (χ2v) is 0. The first kappa shape index (κ1) is 19.7. The third-order valence-electron chi connectivity index (χ3n) is 0. The maximum absolute atomic E-state index is 6.00. The molecule has 0 bridgehead atoms. The van der Waals surface area contributed by atoms with Gasteiger partial charge < -0.3 is 0 Å². The third-order valence-corrected chi connectivity index (χ3v) is 0. The minimum atomic E-state index is 0. The van der Waals surface area contributed by atoms with E-state index in [0.717, 1.165) is 0 Å². The topological polar surface area (TPSA) is 40.5 Å². The van der Waals surface area contributed by atoms with Gasteiger partial charge in [-0.25, -0.2) is 0 Å². The van der Waals surface area contributed by atoms with Gasteiger partial charge in [-0.2, -0.15) is 0 Å². The predicted molar refractivity (Wildman–Crippen MR) is 16.6 cm³/mol. The van der Waals surface area contributed by atoms with Crippen LogP contribution in [-0.2, 0) is 0 Å². The first-order chi connectivity index (χ1) is 1.00. The summed E-state index contributed by atoms with van der Waals surface area (Å²) in [4.78, 5) is 0. The summed E-state index contributed by atoms with van der Waals surface area (Å²) in [6, 6.07) is 0. The molecule has 0 atom stereocenters. The summed E-state index contributed by atoms with van der Waals surface area (Å²) in [5, 5.41) is 12.0. The summed E-state index contributed by atoms with van der Waals surface area (Å²) in [6.45, 7) is 0. The molecular formula is H6AlLiO2. The van der Waals surface area contributed by atoms with Crippen LogP contribution in [0.15, 0.2) is 0 Å². The molecule has 0 aromatic rings. The second kappa shape index (κ2) is 34.2. The van der Waals surface area contributed by atoms with Crippen molar-refractivity contribution in [3.63, 3.8) is 0 Å². The van der Waals surface area contributed by atoms with Crippen LogP contribution < -0.4 is 18.9 Å². The van der Waals surface area contributed by atoms with Crippen molar-refractivity contribution in [2.24, 2.45) is 0 Å². The summed E-state index contributed by atoms with van der Waals surface area (Å²) < 4.78 is 0. The molecule has 0 fully saturated rings. The summed E-state index contributed by atoms with van der Waals surface area (Å²) in [7, 11) is 0. The van der Waals surface area contributed by atoms with Crippen LogP contribution in [-0.4, -0.2) is 27.9 Å². The normalized spacial score (nSPS) is 1.50. The average Bonchev–Trinajstić information content (AvgIpc) is 1.00. The Morgan fingerprint density at radius 1 is 1.00 bits per heavy atom. The van der Waals surface area contributed by atoms with Crippen LogP contribution in [0.2, 0.25) is 0 Å². The Balaban J connectivity index is -0.00000000500. The number of hydrogen-bond acceptors (Lipinski definition) is 2. The van der Waals surface area contributed by atoms with E-state index in [1.807, 2.05) is 0 Å². The fraction of sp³-hybridized carbons (Fsp3) is 0. The molecule has 0 saturated carbocycles. The molecule has 2 nitrogen and oxygen atoms in total. The van der Waals surface area contributed by atoms with Crippen LogP contribution in [0.25, 0.3) is 0 Å². The first-order valence-electron chi connectivity index (χ1n) is 0.200. The van der Waals surface area contributed by atoms with Crippen molar-refractivity contribution in [2.75, 3.05) is 0 Å². The Hall–Kier alpha value is 1.05. The van der Waals surface area contributed by atoms with Crippen molar-refractivity contribution in [1.82, 2.24) is 0 Å². The predicted octanol–water partition coefficient (Wildman–Crippen LogP) is -4.43. The molecule has 0 spiro atoms. The fourth-order valence-corrected chi connectivity index (χ4v) is 0. The standard InChI is InChI=1S/Al.Li.H2O2.4H/c;;1-2;;;;/h;;1-2H;;;;/q-1;+1;;;;;. The summed E-state index contributed by atoms with van der Waals surface area (Å²) in [6.07, 6.45) is 0. The van der Waals surface area contributed by atoms with Crippen LogP contribution in [0, 0.1) is 0 Å². The van der Waals surface area contributed by atoms with E-state index >= 15 is 0 Å². The Labute approximate surface area is 47.1 Å². The molecule has 22 valence electrons. The molecule has 0 heterocycles. The SMILES string of the molecule is OO.[AlH4-].[Li+]. The zero-order valence-corrected chi connectivity index (χ0v) is 1.89. The molecule has 0 rings (SSSR count). The number of rotatable bonds is 0. The van der Waals surface area contributed by atoms with Gasteiger partial charge in [-0.1, -0.05) is 0 Å². The van der Waals surface area contributed by atoms with E-state index in [1.165, 1.54) is 0 Å². The molecule has 4 heavy (non-hydrogen) atoms. The van der Waals surface area contributed by atoms with Crippen LogP contribution in [0.3, 0.4) is 0 Å². The van der Waals surface area contributed by atoms with Crippen molar-refractivity contribution in [3.8, 4) is 0 Å². The van der Waals surface area contributed by atoms with E-state index in [-0.39, 0.29) is 36.2 Å². The van der Waals surface area contributed by atoms with Gasteiger partial charge in [0.15, 0.2) is 0 Å². The quantitative estimate of drug-likeness (QED) is 0.172. The molecule has 0 aliphatic rings. The van der Waals surface area contributed by atoms with Crippen LogP contribution in [0.1, 0.15) is 0 Å². The zero-order chi connectivity index (χ0) is 2.00. The maximum atomic E-state index is 6.00. The van der Waals surface area contributed by atoms with Crippen molar-refractivity contribution in [1.29, 1.82) is 0 Å². The molecule has 0 amide bonds. The van der Waals surface area contributed by atoms with Crippen LogP contribution in [0.5, 0.6) is 0 Å². The smallest absolute Gasteiger partial charge is 0.255 e. The van der Waals surface area contributed by atoms with Crippen molar-refractivity contribution >= 4 is 17.4 Å². The van der Waals surface area contributed by atoms with Crippen LogP contribution in [0.4, 0.5) is 0 Å². The van der Waals surface area contributed by atoms with Crippen molar-refractivity contribution in [3.05, 3.63) is 0 Å². The molecule has 4 heteroatoms. The van der Waals surface area contributed by atoms with E-state index < -0.39 is 0 Å². The molecule has 0 unspecified atom stereocenters. The first-order valence-corrected chi connectivity index (χ1v) is 0.200. The van der Waals surface area contributed by atoms with Crippen molar-refractivity contribution in [2.45, 2.75) is 0 Å². The molecule has 0 saturated heterocycles. The Bertz CT molecular complexity index is 6.00. The van der Waals surface area contributed by atoms with Gasteiger partial charge in [-0.05, 0) is 0 Å². The monoisotopic (exact) mass is 72.0 g/mol. The third kappa shape index (κ3) is 11.6. The Morgan fingerprint density at radius 3 is 1.00 bits per heavy atom. The van der Waals surface area contributed by atoms with Gasteiger partial charge in [0.25, 0.3) is 0 Å². The second-order valence-electron chi connectivity index (χ2n) is 0. The van der Waals surface area contributed by atoms with Gasteiger partial charge in [0.2, 0.25) is 0 Å². The summed E-state index contributed by atoms with van der Waals surface area (Å²) >= 11 is 0. The van der Waals surface area contributed by atoms with Gasteiger partial charge in [0.05, 0.1) is 0 Å². The van der Waals surface area contributed by atoms with Gasteiger partial charge in [-0.3, -0.25) is 10.5 Å². The molecule has 0 aromatic heterocycles. The van der Waals surface area contributed by atoms with E-state index in [0.29, 0.717) is 0 Å². The molecular weight excluding hydrogens is 65.9 g/mol. The molecule has 0 radical (unpaired) electrons. The largest absolute Gasteiger partial charge is 1.00 e. The molecule has 0 aliphatic carbocycles. The van der Waals surface area contributed by atoms with E-state index in [4.69, 9.17) is 10.5 Å². The van der Waals surface area contributed by atoms with Crippen LogP contribution >= 0.6 is 0 Å². The van der Waals surface area contributed by atoms with E-state index in [1.54, 1.807) is 0 Å². The summed E-state index contributed by atoms with van der Waals surface area (Å²) in [5.41, 5.74) is 0. The zero-order valence-electron chi connectivity index (χ0n) is 1.89.